The zero-order valence-corrected chi connectivity index (χ0v) is 15.5. The summed E-state index contributed by atoms with van der Waals surface area (Å²) in [6.07, 6.45) is 1.73. The summed E-state index contributed by atoms with van der Waals surface area (Å²) in [5.74, 6) is 0.443. The smallest absolute Gasteiger partial charge is 0.233 e. The molecule has 24 heavy (non-hydrogen) atoms. The molecule has 3 nitrogen and oxygen atoms in total. The lowest BCUT2D eigenvalue weighted by molar-refractivity contribution is -0.128. The summed E-state index contributed by atoms with van der Waals surface area (Å²) in [6.45, 7) is 4.74. The molecule has 0 saturated heterocycles. The minimum absolute atomic E-state index is 0.0622. The molecule has 0 aliphatic carbocycles. The summed E-state index contributed by atoms with van der Waals surface area (Å²) >= 11 is 4.92. The van der Waals surface area contributed by atoms with Crippen LogP contribution in [-0.2, 0) is 11.3 Å². The van der Waals surface area contributed by atoms with Crippen molar-refractivity contribution in [3.05, 3.63) is 76.8 Å². The molecule has 0 atom stereocenters. The largest absolute Gasteiger partial charge is 0.334 e. The molecule has 0 spiro atoms. The molecule has 0 fully saturated rings. The standard InChI is InChI=1S/C19H17BrN2OS/c1-2-11-22(13-16-5-3-15(12-21)4-6-16)19(23)14-24-18-9-7-17(20)8-10-18/h2-10H,1,11,13-14H2. The number of nitriles is 1. The number of thioether (sulfide) groups is 1. The Morgan fingerprint density at radius 3 is 2.46 bits per heavy atom. The highest BCUT2D eigenvalue weighted by molar-refractivity contribution is 9.10. The first-order valence-electron chi connectivity index (χ1n) is 7.38. The predicted octanol–water partition coefficient (Wildman–Crippen LogP) is 4.63. The van der Waals surface area contributed by atoms with Gasteiger partial charge in [-0.3, -0.25) is 4.79 Å². The van der Waals surface area contributed by atoms with Crippen LogP contribution in [0.1, 0.15) is 11.1 Å². The fourth-order valence-electron chi connectivity index (χ4n) is 2.08. The second-order valence-corrected chi connectivity index (χ2v) is 7.08. The average Bonchev–Trinajstić information content (AvgIpc) is 2.61. The highest BCUT2D eigenvalue weighted by atomic mass is 79.9. The number of halogens is 1. The molecule has 0 aliphatic rings. The summed E-state index contributed by atoms with van der Waals surface area (Å²) in [7, 11) is 0. The molecule has 2 aromatic rings. The highest BCUT2D eigenvalue weighted by Gasteiger charge is 2.13. The lowest BCUT2D eigenvalue weighted by atomic mass is 10.1. The summed E-state index contributed by atoms with van der Waals surface area (Å²) < 4.78 is 1.02. The zero-order chi connectivity index (χ0) is 17.4. The number of carbonyl (C=O) groups is 1. The van der Waals surface area contributed by atoms with Crippen molar-refractivity contribution in [3.8, 4) is 6.07 Å². The third kappa shape index (κ3) is 5.55. The van der Waals surface area contributed by atoms with E-state index in [0.29, 0.717) is 24.4 Å². The Morgan fingerprint density at radius 2 is 1.88 bits per heavy atom. The zero-order valence-electron chi connectivity index (χ0n) is 13.1. The van der Waals surface area contributed by atoms with E-state index in [2.05, 4.69) is 28.6 Å². The molecule has 0 N–H and O–H groups in total. The molecule has 0 bridgehead atoms. The minimum Gasteiger partial charge on any atom is -0.334 e. The SMILES string of the molecule is C=CCN(Cc1ccc(C#N)cc1)C(=O)CSc1ccc(Br)cc1. The van der Waals surface area contributed by atoms with E-state index < -0.39 is 0 Å². The molecule has 0 aliphatic heterocycles. The molecule has 2 aromatic carbocycles. The van der Waals surface area contributed by atoms with E-state index in [9.17, 15) is 4.79 Å². The normalized spacial score (nSPS) is 10.0. The van der Waals surface area contributed by atoms with E-state index in [1.807, 2.05) is 36.4 Å². The first-order valence-corrected chi connectivity index (χ1v) is 9.16. The van der Waals surface area contributed by atoms with Gasteiger partial charge in [-0.1, -0.05) is 34.1 Å². The number of benzene rings is 2. The Hall–Kier alpha value is -2.03. The van der Waals surface area contributed by atoms with Crippen LogP contribution >= 0.6 is 27.7 Å². The van der Waals surface area contributed by atoms with Crippen molar-refractivity contribution < 1.29 is 4.79 Å². The van der Waals surface area contributed by atoms with Gasteiger partial charge in [0.15, 0.2) is 0 Å². The molecular formula is C19H17BrN2OS. The maximum atomic E-state index is 12.5. The summed E-state index contributed by atoms with van der Waals surface area (Å²) in [5, 5.41) is 8.84. The molecule has 122 valence electrons. The Balaban J connectivity index is 1.97. The van der Waals surface area contributed by atoms with Gasteiger partial charge in [-0.25, -0.2) is 0 Å². The number of rotatable bonds is 7. The summed E-state index contributed by atoms with van der Waals surface area (Å²) in [4.78, 5) is 15.3. The van der Waals surface area contributed by atoms with Crippen molar-refractivity contribution >= 4 is 33.6 Å². The maximum absolute atomic E-state index is 12.5. The number of hydrogen-bond donors (Lipinski definition) is 0. The number of carbonyl (C=O) groups excluding carboxylic acids is 1. The first-order chi connectivity index (χ1) is 11.6. The van der Waals surface area contributed by atoms with Crippen LogP contribution in [0, 0.1) is 11.3 Å². The van der Waals surface area contributed by atoms with Gasteiger partial charge in [0.05, 0.1) is 17.4 Å². The Kier molecular flexibility index (Phi) is 7.10. The molecular weight excluding hydrogens is 384 g/mol. The third-order valence-electron chi connectivity index (χ3n) is 3.33. The molecule has 0 heterocycles. The van der Waals surface area contributed by atoms with E-state index in [0.717, 1.165) is 14.9 Å². The second kappa shape index (κ2) is 9.31. The van der Waals surface area contributed by atoms with Crippen LogP contribution in [0.4, 0.5) is 0 Å². The molecule has 1 amide bonds. The third-order valence-corrected chi connectivity index (χ3v) is 4.86. The van der Waals surface area contributed by atoms with Crippen LogP contribution in [0.15, 0.2) is 70.6 Å². The van der Waals surface area contributed by atoms with E-state index >= 15 is 0 Å². The number of amides is 1. The lowest BCUT2D eigenvalue weighted by Crippen LogP contribution is -2.32. The van der Waals surface area contributed by atoms with Crippen LogP contribution < -0.4 is 0 Å². The fourth-order valence-corrected chi connectivity index (χ4v) is 3.15. The topological polar surface area (TPSA) is 44.1 Å². The van der Waals surface area contributed by atoms with Crippen molar-refractivity contribution in [1.29, 1.82) is 5.26 Å². The van der Waals surface area contributed by atoms with Crippen molar-refractivity contribution in [2.24, 2.45) is 0 Å². The van der Waals surface area contributed by atoms with Crippen molar-refractivity contribution in [2.45, 2.75) is 11.4 Å². The van der Waals surface area contributed by atoms with Gasteiger partial charge in [-0.2, -0.15) is 5.26 Å². The molecule has 0 saturated carbocycles. The first kappa shape index (κ1) is 18.3. The van der Waals surface area contributed by atoms with Crippen LogP contribution in [0.3, 0.4) is 0 Å². The fraction of sp³-hybridized carbons (Fsp3) is 0.158. The Bertz CT molecular complexity index is 735. The predicted molar refractivity (Wildman–Crippen MR) is 102 cm³/mol. The number of nitrogens with zero attached hydrogens (tertiary/aromatic N) is 2. The van der Waals surface area contributed by atoms with Crippen LogP contribution in [0.5, 0.6) is 0 Å². The van der Waals surface area contributed by atoms with Gasteiger partial charge < -0.3 is 4.90 Å². The quantitative estimate of drug-likeness (QED) is 0.502. The van der Waals surface area contributed by atoms with Gasteiger partial charge in [-0.15, -0.1) is 18.3 Å². The van der Waals surface area contributed by atoms with Gasteiger partial charge in [0.2, 0.25) is 5.91 Å². The van der Waals surface area contributed by atoms with Crippen molar-refractivity contribution in [3.63, 3.8) is 0 Å². The number of hydrogen-bond acceptors (Lipinski definition) is 3. The molecule has 0 aromatic heterocycles. The van der Waals surface area contributed by atoms with Gasteiger partial charge in [-0.05, 0) is 42.0 Å². The van der Waals surface area contributed by atoms with Gasteiger partial charge >= 0.3 is 0 Å². The van der Waals surface area contributed by atoms with Crippen LogP contribution in [0.25, 0.3) is 0 Å². The van der Waals surface area contributed by atoms with Crippen LogP contribution in [0.2, 0.25) is 0 Å². The molecule has 2 rings (SSSR count). The van der Waals surface area contributed by atoms with Crippen LogP contribution in [-0.4, -0.2) is 23.1 Å². The highest BCUT2D eigenvalue weighted by Crippen LogP contribution is 2.21. The van der Waals surface area contributed by atoms with Gasteiger partial charge in [0, 0.05) is 22.5 Å². The minimum atomic E-state index is 0.0622. The van der Waals surface area contributed by atoms with E-state index in [1.165, 1.54) is 11.8 Å². The molecule has 5 heteroatoms. The maximum Gasteiger partial charge on any atom is 0.233 e. The average molecular weight is 401 g/mol. The molecule has 0 radical (unpaired) electrons. The summed E-state index contributed by atoms with van der Waals surface area (Å²) in [6, 6.07) is 17.3. The van der Waals surface area contributed by atoms with Gasteiger partial charge in [0.25, 0.3) is 0 Å². The van der Waals surface area contributed by atoms with E-state index in [1.54, 1.807) is 23.1 Å². The monoisotopic (exact) mass is 400 g/mol. The Morgan fingerprint density at radius 1 is 1.21 bits per heavy atom. The van der Waals surface area contributed by atoms with Crippen molar-refractivity contribution in [2.75, 3.05) is 12.3 Å². The van der Waals surface area contributed by atoms with Gasteiger partial charge in [0.1, 0.15) is 0 Å². The lowest BCUT2D eigenvalue weighted by Gasteiger charge is -2.21. The molecule has 0 unspecified atom stereocenters. The van der Waals surface area contributed by atoms with Crippen molar-refractivity contribution in [1.82, 2.24) is 4.90 Å². The summed E-state index contributed by atoms with van der Waals surface area (Å²) in [5.41, 5.74) is 1.61. The Labute approximate surface area is 155 Å². The van der Waals surface area contributed by atoms with E-state index in [-0.39, 0.29) is 5.91 Å². The van der Waals surface area contributed by atoms with E-state index in [4.69, 9.17) is 5.26 Å². The second-order valence-electron chi connectivity index (χ2n) is 5.11.